The number of hydrogen-bond acceptors (Lipinski definition) is 6. The van der Waals surface area contributed by atoms with E-state index in [1.54, 1.807) is 36.3 Å². The molecule has 10 heteroatoms. The molecule has 0 bridgehead atoms. The van der Waals surface area contributed by atoms with Crippen LogP contribution in [0, 0.1) is 5.82 Å². The normalized spacial score (nSPS) is 18.8. The van der Waals surface area contributed by atoms with Crippen molar-refractivity contribution in [3.8, 4) is 5.75 Å². The monoisotopic (exact) mass is 499 g/mol. The maximum Gasteiger partial charge on any atom is 0.256 e. The second-order valence-corrected chi connectivity index (χ2v) is 8.76. The average molecular weight is 500 g/mol. The van der Waals surface area contributed by atoms with Gasteiger partial charge >= 0.3 is 0 Å². The van der Waals surface area contributed by atoms with Gasteiger partial charge in [-0.05, 0) is 48.5 Å². The summed E-state index contributed by atoms with van der Waals surface area (Å²) in [5, 5.41) is 2.78. The number of carbonyl (C=O) groups is 3. The summed E-state index contributed by atoms with van der Waals surface area (Å²) in [6.45, 7) is 1.34. The first kappa shape index (κ1) is 25.6. The summed E-state index contributed by atoms with van der Waals surface area (Å²) >= 11 is 0. The van der Waals surface area contributed by atoms with Crippen LogP contribution in [0.2, 0.25) is 0 Å². The Kier molecular flexibility index (Phi) is 7.85. The maximum absolute atomic E-state index is 13.6. The number of nitrogens with zero attached hydrogens (tertiary/aromatic N) is 2. The Labute approximate surface area is 209 Å². The lowest BCUT2D eigenvalue weighted by Crippen LogP contribution is -2.60. The predicted molar refractivity (Wildman–Crippen MR) is 128 cm³/mol. The third-order valence-corrected chi connectivity index (χ3v) is 6.65. The van der Waals surface area contributed by atoms with Crippen LogP contribution in [0.4, 0.5) is 4.39 Å². The van der Waals surface area contributed by atoms with Crippen molar-refractivity contribution in [2.75, 3.05) is 47.1 Å². The van der Waals surface area contributed by atoms with Crippen molar-refractivity contribution in [2.24, 2.45) is 0 Å². The van der Waals surface area contributed by atoms with Crippen molar-refractivity contribution in [2.45, 2.75) is 24.6 Å². The Hall–Kier alpha value is -3.50. The maximum atomic E-state index is 13.6. The average Bonchev–Trinajstić information content (AvgIpc) is 3.27. The van der Waals surface area contributed by atoms with E-state index in [1.165, 1.54) is 36.3 Å². The number of rotatable bonds is 7. The molecule has 2 aromatic carbocycles. The number of carbonyl (C=O) groups excluding carboxylic acids is 3. The number of benzene rings is 2. The van der Waals surface area contributed by atoms with Crippen molar-refractivity contribution < 1.29 is 33.0 Å². The van der Waals surface area contributed by atoms with Gasteiger partial charge in [0, 0.05) is 50.7 Å². The Morgan fingerprint density at radius 1 is 1.00 bits per heavy atom. The van der Waals surface area contributed by atoms with Gasteiger partial charge in [-0.15, -0.1) is 0 Å². The first-order valence-corrected chi connectivity index (χ1v) is 11.8. The van der Waals surface area contributed by atoms with Gasteiger partial charge in [-0.2, -0.15) is 0 Å². The van der Waals surface area contributed by atoms with E-state index in [-0.39, 0.29) is 24.0 Å². The molecule has 1 N–H and O–H groups in total. The first-order chi connectivity index (χ1) is 17.4. The lowest BCUT2D eigenvalue weighted by atomic mass is 9.96. The molecule has 2 aliphatic heterocycles. The van der Waals surface area contributed by atoms with Crippen LogP contribution in [0.1, 0.15) is 33.6 Å². The van der Waals surface area contributed by atoms with Crippen LogP contribution in [0.3, 0.4) is 0 Å². The van der Waals surface area contributed by atoms with E-state index in [2.05, 4.69) is 5.32 Å². The van der Waals surface area contributed by atoms with Crippen LogP contribution in [-0.2, 0) is 14.3 Å². The van der Waals surface area contributed by atoms with E-state index >= 15 is 0 Å². The minimum Gasteiger partial charge on any atom is -0.497 e. The fourth-order valence-corrected chi connectivity index (χ4v) is 4.67. The van der Waals surface area contributed by atoms with Crippen molar-refractivity contribution in [3.05, 3.63) is 65.5 Å². The number of likely N-dealkylation sites (tertiary alicyclic amines) is 1. The summed E-state index contributed by atoms with van der Waals surface area (Å²) in [6.07, 6.45) is 0.674. The van der Waals surface area contributed by atoms with Crippen LogP contribution in [0.15, 0.2) is 48.5 Å². The highest BCUT2D eigenvalue weighted by Crippen LogP contribution is 2.39. The zero-order valence-corrected chi connectivity index (χ0v) is 20.4. The summed E-state index contributed by atoms with van der Waals surface area (Å²) in [5.41, 5.74) is -0.257. The quantitative estimate of drug-likeness (QED) is 0.586. The zero-order chi connectivity index (χ0) is 25.7. The molecule has 4 rings (SSSR count). The molecule has 0 aliphatic carbocycles. The Morgan fingerprint density at radius 2 is 1.61 bits per heavy atom. The molecule has 0 saturated carbocycles. The minimum absolute atomic E-state index is 0.0260. The molecule has 1 atom stereocenters. The summed E-state index contributed by atoms with van der Waals surface area (Å²) in [7, 11) is 3.10. The van der Waals surface area contributed by atoms with Crippen LogP contribution in [0.25, 0.3) is 0 Å². The molecule has 36 heavy (non-hydrogen) atoms. The fourth-order valence-electron chi connectivity index (χ4n) is 4.67. The number of hydrogen-bond donors (Lipinski definition) is 1. The number of halogens is 1. The molecule has 3 amide bonds. The fraction of sp³-hybridized carbons (Fsp3) is 0.423. The van der Waals surface area contributed by atoms with E-state index in [1.807, 2.05) is 0 Å². The Morgan fingerprint density at radius 3 is 2.22 bits per heavy atom. The molecule has 9 nitrogen and oxygen atoms in total. The Balaban J connectivity index is 1.53. The summed E-state index contributed by atoms with van der Waals surface area (Å²) in [5.74, 6) is -0.701. The minimum atomic E-state index is -1.05. The molecule has 0 aromatic heterocycles. The van der Waals surface area contributed by atoms with Crippen LogP contribution < -0.4 is 10.1 Å². The molecule has 2 saturated heterocycles. The zero-order valence-electron chi connectivity index (χ0n) is 20.4. The lowest BCUT2D eigenvalue weighted by molar-refractivity contribution is -0.128. The highest BCUT2D eigenvalue weighted by atomic mass is 19.1. The number of amides is 3. The molecule has 1 spiro atoms. The molecule has 2 aromatic rings. The van der Waals surface area contributed by atoms with Gasteiger partial charge in [0.25, 0.3) is 11.8 Å². The molecule has 0 unspecified atom stereocenters. The molecular formula is C26H30FN3O6. The van der Waals surface area contributed by atoms with Crippen LogP contribution in [-0.4, -0.2) is 86.4 Å². The van der Waals surface area contributed by atoms with Gasteiger partial charge in [-0.3, -0.25) is 19.3 Å². The van der Waals surface area contributed by atoms with Gasteiger partial charge < -0.3 is 24.4 Å². The number of methoxy groups -OCH3 is 2. The third kappa shape index (κ3) is 5.19. The van der Waals surface area contributed by atoms with Gasteiger partial charge in [0.2, 0.25) is 5.91 Å². The first-order valence-electron chi connectivity index (χ1n) is 11.8. The van der Waals surface area contributed by atoms with E-state index in [4.69, 9.17) is 14.2 Å². The van der Waals surface area contributed by atoms with Crippen molar-refractivity contribution in [1.29, 1.82) is 0 Å². The van der Waals surface area contributed by atoms with Gasteiger partial charge in [0.15, 0.2) is 0 Å². The number of nitrogens with one attached hydrogen (secondary N) is 1. The molecule has 0 radical (unpaired) electrons. The number of piperidine rings is 1. The molecule has 192 valence electrons. The van der Waals surface area contributed by atoms with E-state index in [0.29, 0.717) is 50.4 Å². The smallest absolute Gasteiger partial charge is 0.256 e. The SMILES string of the molecule is COCCNC(=O)[C@@H]1COC2(CCN(C(=O)c3ccc(OC)cc3)CC2)N1C(=O)c1ccc(F)cc1. The van der Waals surface area contributed by atoms with Crippen molar-refractivity contribution in [1.82, 2.24) is 15.1 Å². The van der Waals surface area contributed by atoms with Gasteiger partial charge in [0.1, 0.15) is 23.3 Å². The highest BCUT2D eigenvalue weighted by molar-refractivity contribution is 5.98. The predicted octanol–water partition coefficient (Wildman–Crippen LogP) is 2.07. The third-order valence-electron chi connectivity index (χ3n) is 6.65. The topological polar surface area (TPSA) is 97.4 Å². The van der Waals surface area contributed by atoms with E-state index < -0.39 is 23.5 Å². The van der Waals surface area contributed by atoms with Crippen molar-refractivity contribution >= 4 is 17.7 Å². The Bertz CT molecular complexity index is 1080. The summed E-state index contributed by atoms with van der Waals surface area (Å²) < 4.78 is 29.8. The van der Waals surface area contributed by atoms with Crippen LogP contribution in [0.5, 0.6) is 5.75 Å². The second kappa shape index (κ2) is 11.0. The summed E-state index contributed by atoms with van der Waals surface area (Å²) in [4.78, 5) is 42.8. The molecule has 2 fully saturated rings. The molecule has 2 aliphatic rings. The van der Waals surface area contributed by atoms with E-state index in [0.717, 1.165) is 0 Å². The van der Waals surface area contributed by atoms with E-state index in [9.17, 15) is 18.8 Å². The molecular weight excluding hydrogens is 469 g/mol. The van der Waals surface area contributed by atoms with Gasteiger partial charge in [0.05, 0.1) is 20.3 Å². The van der Waals surface area contributed by atoms with Crippen LogP contribution >= 0.6 is 0 Å². The molecule has 2 heterocycles. The lowest BCUT2D eigenvalue weighted by Gasteiger charge is -2.44. The van der Waals surface area contributed by atoms with Gasteiger partial charge in [-0.1, -0.05) is 0 Å². The highest BCUT2D eigenvalue weighted by Gasteiger charge is 2.54. The number of ether oxygens (including phenoxy) is 3. The summed E-state index contributed by atoms with van der Waals surface area (Å²) in [6, 6.07) is 11.2. The second-order valence-electron chi connectivity index (χ2n) is 8.76. The standard InChI is InChI=1S/C26H30FN3O6/c1-34-16-13-28-23(31)22-17-36-26(30(22)25(33)19-3-7-20(27)8-4-19)11-14-29(15-12-26)24(32)18-5-9-21(35-2)10-6-18/h3-10,22H,11-17H2,1-2H3,(H,28,31)/t22-/m0/s1. The largest absolute Gasteiger partial charge is 0.497 e. The van der Waals surface area contributed by atoms with Gasteiger partial charge in [-0.25, -0.2) is 4.39 Å². The van der Waals surface area contributed by atoms with Crippen molar-refractivity contribution in [3.63, 3.8) is 0 Å².